The maximum Gasteiger partial charge on any atom is 0.222 e. The molecule has 0 radical (unpaired) electrons. The molecule has 1 aromatic rings. The van der Waals surface area contributed by atoms with Gasteiger partial charge in [0.25, 0.3) is 0 Å². The highest BCUT2D eigenvalue weighted by Gasteiger charge is 2.18. The number of halogens is 1. The fourth-order valence-electron chi connectivity index (χ4n) is 2.94. The van der Waals surface area contributed by atoms with Crippen molar-refractivity contribution in [2.75, 3.05) is 33.3 Å². The van der Waals surface area contributed by atoms with Crippen molar-refractivity contribution in [1.29, 1.82) is 0 Å². The molecule has 0 saturated carbocycles. The molecule has 1 aliphatic rings. The molecule has 1 aliphatic heterocycles. The van der Waals surface area contributed by atoms with Crippen LogP contribution in [-0.2, 0) is 11.2 Å². The van der Waals surface area contributed by atoms with Gasteiger partial charge in [-0.3, -0.25) is 4.79 Å². The minimum atomic E-state index is 0.210. The van der Waals surface area contributed by atoms with E-state index in [-0.39, 0.29) is 5.91 Å². The molecule has 4 nitrogen and oxygen atoms in total. The number of amides is 1. The van der Waals surface area contributed by atoms with Crippen molar-refractivity contribution in [3.05, 3.63) is 27.8 Å². The summed E-state index contributed by atoms with van der Waals surface area (Å²) < 4.78 is 5.47. The minimum absolute atomic E-state index is 0.210. The summed E-state index contributed by atoms with van der Waals surface area (Å²) in [4.78, 5) is 14.4. The second-order valence-corrected chi connectivity index (χ2v) is 6.18. The average Bonchev–Trinajstić information content (AvgIpc) is 2.80. The molecule has 2 rings (SSSR count). The van der Waals surface area contributed by atoms with Gasteiger partial charge < -0.3 is 15.0 Å². The van der Waals surface area contributed by atoms with E-state index in [2.05, 4.69) is 5.32 Å². The molecule has 1 aromatic carbocycles. The first-order valence-corrected chi connectivity index (χ1v) is 8.23. The van der Waals surface area contributed by atoms with E-state index in [9.17, 15) is 4.79 Å². The van der Waals surface area contributed by atoms with Crippen LogP contribution in [0.3, 0.4) is 0 Å². The molecule has 0 unspecified atom stereocenters. The first-order chi connectivity index (χ1) is 10.5. The third-order valence-corrected chi connectivity index (χ3v) is 4.86. The lowest BCUT2D eigenvalue weighted by atomic mass is 9.99. The van der Waals surface area contributed by atoms with E-state index in [1.165, 1.54) is 0 Å². The lowest BCUT2D eigenvalue weighted by Gasteiger charge is -2.21. The molecule has 5 heteroatoms. The maximum absolute atomic E-state index is 12.4. The number of nitrogens with one attached hydrogen (secondary N) is 1. The molecule has 0 bridgehead atoms. The summed E-state index contributed by atoms with van der Waals surface area (Å²) in [6.45, 7) is 7.47. The minimum Gasteiger partial charge on any atom is -0.496 e. The number of nitrogens with zero attached hydrogens (tertiary/aromatic N) is 1. The zero-order valence-corrected chi connectivity index (χ0v) is 14.4. The van der Waals surface area contributed by atoms with Crippen LogP contribution in [0.25, 0.3) is 0 Å². The second-order valence-electron chi connectivity index (χ2n) is 5.80. The predicted molar refractivity (Wildman–Crippen MR) is 89.9 cm³/mol. The molecule has 1 N–H and O–H groups in total. The van der Waals surface area contributed by atoms with Gasteiger partial charge in [0, 0.05) is 31.1 Å². The van der Waals surface area contributed by atoms with Crippen LogP contribution in [0.5, 0.6) is 5.75 Å². The number of aryl methyl sites for hydroxylation is 1. The van der Waals surface area contributed by atoms with E-state index >= 15 is 0 Å². The Labute approximate surface area is 137 Å². The number of hydrogen-bond donors (Lipinski definition) is 1. The molecule has 0 atom stereocenters. The van der Waals surface area contributed by atoms with Crippen molar-refractivity contribution in [1.82, 2.24) is 10.2 Å². The van der Waals surface area contributed by atoms with Crippen molar-refractivity contribution < 1.29 is 9.53 Å². The Balaban J connectivity index is 2.07. The lowest BCUT2D eigenvalue weighted by Crippen LogP contribution is -2.34. The summed E-state index contributed by atoms with van der Waals surface area (Å²) in [6.07, 6.45) is 2.18. The Morgan fingerprint density at radius 1 is 1.36 bits per heavy atom. The van der Waals surface area contributed by atoms with Crippen LogP contribution >= 0.6 is 11.6 Å². The van der Waals surface area contributed by atoms with Gasteiger partial charge in [-0.25, -0.2) is 0 Å². The van der Waals surface area contributed by atoms with Crippen molar-refractivity contribution in [3.8, 4) is 5.75 Å². The van der Waals surface area contributed by atoms with E-state index < -0.39 is 0 Å². The van der Waals surface area contributed by atoms with Crippen molar-refractivity contribution in [2.24, 2.45) is 0 Å². The Bertz CT molecular complexity index is 538. The number of rotatable bonds is 4. The molecule has 1 heterocycles. The standard InChI is InChI=1S/C17H25ClN2O2/c1-12-11-15(22-3)14(13(2)17(12)18)5-6-16(21)20-9-4-7-19-8-10-20/h11,19H,4-10H2,1-3H3. The predicted octanol–water partition coefficient (Wildman–Crippen LogP) is 2.72. The number of hydrogen-bond acceptors (Lipinski definition) is 3. The van der Waals surface area contributed by atoms with Crippen LogP contribution < -0.4 is 10.1 Å². The van der Waals surface area contributed by atoms with Gasteiger partial charge in [0.15, 0.2) is 0 Å². The van der Waals surface area contributed by atoms with E-state index in [4.69, 9.17) is 16.3 Å². The zero-order valence-electron chi connectivity index (χ0n) is 13.7. The number of methoxy groups -OCH3 is 1. The summed E-state index contributed by atoms with van der Waals surface area (Å²) in [5.41, 5.74) is 3.06. The highest BCUT2D eigenvalue weighted by atomic mass is 35.5. The lowest BCUT2D eigenvalue weighted by molar-refractivity contribution is -0.130. The Hall–Kier alpha value is -1.26. The molecule has 0 spiro atoms. The van der Waals surface area contributed by atoms with E-state index in [0.717, 1.165) is 60.1 Å². The summed E-state index contributed by atoms with van der Waals surface area (Å²) in [5, 5.41) is 4.08. The third kappa shape index (κ3) is 3.93. The topological polar surface area (TPSA) is 41.6 Å². The van der Waals surface area contributed by atoms with Crippen LogP contribution in [0, 0.1) is 13.8 Å². The summed E-state index contributed by atoms with van der Waals surface area (Å²) in [6, 6.07) is 1.95. The largest absolute Gasteiger partial charge is 0.496 e. The highest BCUT2D eigenvalue weighted by molar-refractivity contribution is 6.32. The van der Waals surface area contributed by atoms with E-state index in [1.807, 2.05) is 24.8 Å². The van der Waals surface area contributed by atoms with Crippen LogP contribution in [0.4, 0.5) is 0 Å². The molecule has 122 valence electrons. The van der Waals surface area contributed by atoms with Crippen LogP contribution in [-0.4, -0.2) is 44.1 Å². The SMILES string of the molecule is COc1cc(C)c(Cl)c(C)c1CCC(=O)N1CCCNCC1. The molecular formula is C17H25ClN2O2. The first-order valence-electron chi connectivity index (χ1n) is 7.85. The molecule has 1 amide bonds. The van der Waals surface area contributed by atoms with Gasteiger partial charge in [-0.1, -0.05) is 11.6 Å². The molecule has 1 saturated heterocycles. The highest BCUT2D eigenvalue weighted by Crippen LogP contribution is 2.32. The van der Waals surface area contributed by atoms with Crippen LogP contribution in [0.15, 0.2) is 6.07 Å². The molecule has 22 heavy (non-hydrogen) atoms. The summed E-state index contributed by atoms with van der Waals surface area (Å²) in [5.74, 6) is 1.03. The van der Waals surface area contributed by atoms with Gasteiger partial charge >= 0.3 is 0 Å². The maximum atomic E-state index is 12.4. The average molecular weight is 325 g/mol. The molecule has 0 aromatic heterocycles. The van der Waals surface area contributed by atoms with Gasteiger partial charge in [-0.2, -0.15) is 0 Å². The Kier molecular flexibility index (Phi) is 6.09. The first kappa shape index (κ1) is 17.1. The summed E-state index contributed by atoms with van der Waals surface area (Å²) in [7, 11) is 1.66. The summed E-state index contributed by atoms with van der Waals surface area (Å²) >= 11 is 6.34. The number of ether oxygens (including phenoxy) is 1. The molecule has 0 aliphatic carbocycles. The number of carbonyl (C=O) groups is 1. The Morgan fingerprint density at radius 2 is 2.14 bits per heavy atom. The smallest absolute Gasteiger partial charge is 0.222 e. The Morgan fingerprint density at radius 3 is 2.86 bits per heavy atom. The second kappa shape index (κ2) is 7.84. The fraction of sp³-hybridized carbons (Fsp3) is 0.588. The quantitative estimate of drug-likeness (QED) is 0.926. The van der Waals surface area contributed by atoms with Crippen LogP contribution in [0.2, 0.25) is 5.02 Å². The van der Waals surface area contributed by atoms with Gasteiger partial charge in [0.1, 0.15) is 5.75 Å². The van der Waals surface area contributed by atoms with E-state index in [1.54, 1.807) is 7.11 Å². The van der Waals surface area contributed by atoms with Crippen molar-refractivity contribution in [3.63, 3.8) is 0 Å². The zero-order chi connectivity index (χ0) is 16.1. The van der Waals surface area contributed by atoms with Gasteiger partial charge in [0.2, 0.25) is 5.91 Å². The van der Waals surface area contributed by atoms with Gasteiger partial charge in [-0.05, 0) is 56.0 Å². The van der Waals surface area contributed by atoms with Gasteiger partial charge in [0.05, 0.1) is 7.11 Å². The fourth-order valence-corrected chi connectivity index (χ4v) is 3.11. The normalized spacial score (nSPS) is 15.5. The number of carbonyl (C=O) groups excluding carboxylic acids is 1. The van der Waals surface area contributed by atoms with Crippen LogP contribution in [0.1, 0.15) is 29.5 Å². The molecule has 1 fully saturated rings. The number of benzene rings is 1. The van der Waals surface area contributed by atoms with Crippen molar-refractivity contribution >= 4 is 17.5 Å². The monoisotopic (exact) mass is 324 g/mol. The van der Waals surface area contributed by atoms with Crippen molar-refractivity contribution in [2.45, 2.75) is 33.1 Å². The van der Waals surface area contributed by atoms with E-state index in [0.29, 0.717) is 12.8 Å². The molecular weight excluding hydrogens is 300 g/mol. The van der Waals surface area contributed by atoms with Gasteiger partial charge in [-0.15, -0.1) is 0 Å². The third-order valence-electron chi connectivity index (χ3n) is 4.27.